The monoisotopic (exact) mass is 381 g/mol. The predicted molar refractivity (Wildman–Crippen MR) is 107 cm³/mol. The zero-order valence-electron chi connectivity index (χ0n) is 15.1. The lowest BCUT2D eigenvalue weighted by molar-refractivity contribution is 0.0695. The van der Waals surface area contributed by atoms with Crippen molar-refractivity contribution in [2.45, 2.75) is 26.4 Å². The minimum Gasteiger partial charge on any atom is -0.490 e. The Hall–Kier alpha value is -2.85. The van der Waals surface area contributed by atoms with Gasteiger partial charge < -0.3 is 9.84 Å². The van der Waals surface area contributed by atoms with E-state index in [0.717, 1.165) is 16.9 Å². The number of carbonyl (C=O) groups is 1. The summed E-state index contributed by atoms with van der Waals surface area (Å²) in [5, 5.41) is 10.2. The van der Waals surface area contributed by atoms with Crippen LogP contribution in [0.5, 0.6) is 5.75 Å². The van der Waals surface area contributed by atoms with Crippen molar-refractivity contribution in [1.82, 2.24) is 4.98 Å². The first kappa shape index (κ1) is 18.9. The number of halogens is 1. The van der Waals surface area contributed by atoms with Crippen LogP contribution in [-0.4, -0.2) is 22.2 Å². The van der Waals surface area contributed by atoms with Crippen molar-refractivity contribution in [2.24, 2.45) is 0 Å². The molecule has 1 N–H and O–H groups in total. The molecule has 0 aliphatic rings. The van der Waals surface area contributed by atoms with Gasteiger partial charge in [0.2, 0.25) is 0 Å². The summed E-state index contributed by atoms with van der Waals surface area (Å²) in [5.74, 6) is -0.273. The molecule has 0 spiro atoms. The van der Waals surface area contributed by atoms with Gasteiger partial charge in [0.25, 0.3) is 0 Å². The Morgan fingerprint density at radius 1 is 1.07 bits per heavy atom. The molecule has 4 nitrogen and oxygen atoms in total. The largest absolute Gasteiger partial charge is 0.490 e. The summed E-state index contributed by atoms with van der Waals surface area (Å²) in [7, 11) is 0. The van der Waals surface area contributed by atoms with E-state index in [0.29, 0.717) is 22.8 Å². The summed E-state index contributed by atoms with van der Waals surface area (Å²) < 4.78 is 5.88. The Labute approximate surface area is 163 Å². The first-order valence-corrected chi connectivity index (χ1v) is 9.05. The molecular formula is C22H20ClNO3. The van der Waals surface area contributed by atoms with E-state index in [-0.39, 0.29) is 11.7 Å². The molecule has 0 unspecified atom stereocenters. The first-order chi connectivity index (χ1) is 12.9. The third-order valence-corrected chi connectivity index (χ3v) is 4.27. The molecule has 0 saturated carbocycles. The van der Waals surface area contributed by atoms with Crippen LogP contribution < -0.4 is 4.74 Å². The highest BCUT2D eigenvalue weighted by Crippen LogP contribution is 2.30. The normalized spacial score (nSPS) is 10.8. The summed E-state index contributed by atoms with van der Waals surface area (Å²) >= 11 is 5.94. The number of ether oxygens (including phenoxy) is 1. The van der Waals surface area contributed by atoms with Crippen LogP contribution in [0.15, 0.2) is 60.7 Å². The van der Waals surface area contributed by atoms with Gasteiger partial charge in [0.15, 0.2) is 0 Å². The van der Waals surface area contributed by atoms with Gasteiger partial charge in [-0.15, -0.1) is 0 Å². The van der Waals surface area contributed by atoms with Gasteiger partial charge in [-0.25, -0.2) is 4.79 Å². The molecule has 3 rings (SSSR count). The van der Waals surface area contributed by atoms with Gasteiger partial charge in [-0.2, -0.15) is 0 Å². The summed E-state index contributed by atoms with van der Waals surface area (Å²) in [6.07, 6.45) is 0.429. The van der Waals surface area contributed by atoms with Gasteiger partial charge in [0.05, 0.1) is 23.1 Å². The quantitative estimate of drug-likeness (QED) is 0.614. The predicted octanol–water partition coefficient (Wildman–Crippen LogP) is 5.48. The molecule has 0 fully saturated rings. The van der Waals surface area contributed by atoms with Crippen LogP contribution in [0.3, 0.4) is 0 Å². The lowest BCUT2D eigenvalue weighted by atomic mass is 10.0. The lowest BCUT2D eigenvalue weighted by Gasteiger charge is -2.15. The maximum atomic E-state index is 11.6. The van der Waals surface area contributed by atoms with E-state index in [9.17, 15) is 9.90 Å². The Morgan fingerprint density at radius 2 is 1.78 bits per heavy atom. The Balaban J connectivity index is 2.04. The fourth-order valence-electron chi connectivity index (χ4n) is 2.81. The number of aromatic nitrogens is 1. The number of pyridine rings is 1. The molecule has 3 aromatic rings. The lowest BCUT2D eigenvalue weighted by Crippen LogP contribution is -2.08. The first-order valence-electron chi connectivity index (χ1n) is 8.67. The van der Waals surface area contributed by atoms with Crippen molar-refractivity contribution in [2.75, 3.05) is 0 Å². The second kappa shape index (κ2) is 8.23. The van der Waals surface area contributed by atoms with E-state index < -0.39 is 5.97 Å². The van der Waals surface area contributed by atoms with E-state index in [1.54, 1.807) is 24.3 Å². The fraction of sp³-hybridized carbons (Fsp3) is 0.182. The highest BCUT2D eigenvalue weighted by Gasteiger charge is 2.16. The fourth-order valence-corrected chi connectivity index (χ4v) is 2.94. The van der Waals surface area contributed by atoms with Crippen LogP contribution in [0.1, 0.15) is 35.5 Å². The number of hydrogen-bond acceptors (Lipinski definition) is 3. The molecule has 0 atom stereocenters. The van der Waals surface area contributed by atoms with Crippen LogP contribution in [0.4, 0.5) is 0 Å². The maximum Gasteiger partial charge on any atom is 0.337 e. The number of rotatable bonds is 6. The van der Waals surface area contributed by atoms with Crippen LogP contribution in [-0.2, 0) is 6.42 Å². The molecule has 0 saturated heterocycles. The molecule has 0 amide bonds. The summed E-state index contributed by atoms with van der Waals surface area (Å²) in [6.45, 7) is 3.92. The molecule has 5 heteroatoms. The van der Waals surface area contributed by atoms with E-state index in [1.807, 2.05) is 50.2 Å². The van der Waals surface area contributed by atoms with Crippen molar-refractivity contribution in [3.63, 3.8) is 0 Å². The SMILES string of the molecule is CC(C)Oc1ccccc1-c1ccc(C(=O)O)c(Cc2ccc(Cl)cc2)n1. The molecule has 27 heavy (non-hydrogen) atoms. The molecule has 0 aliphatic heterocycles. The minimum absolute atomic E-state index is 0.0259. The van der Waals surface area contributed by atoms with Gasteiger partial charge in [-0.05, 0) is 55.8 Å². The number of carboxylic acids is 1. The number of para-hydroxylation sites is 1. The molecule has 138 valence electrons. The second-order valence-electron chi connectivity index (χ2n) is 6.46. The van der Waals surface area contributed by atoms with Crippen molar-refractivity contribution < 1.29 is 14.6 Å². The average molecular weight is 382 g/mol. The van der Waals surface area contributed by atoms with Gasteiger partial charge in [0.1, 0.15) is 5.75 Å². The van der Waals surface area contributed by atoms with Gasteiger partial charge >= 0.3 is 5.97 Å². The Bertz CT molecular complexity index is 952. The zero-order chi connectivity index (χ0) is 19.4. The van der Waals surface area contributed by atoms with Gasteiger partial charge in [-0.1, -0.05) is 35.9 Å². The third kappa shape index (κ3) is 4.66. The zero-order valence-corrected chi connectivity index (χ0v) is 15.9. The number of nitrogens with zero attached hydrogens (tertiary/aromatic N) is 1. The van der Waals surface area contributed by atoms with Crippen molar-refractivity contribution in [3.8, 4) is 17.0 Å². The van der Waals surface area contributed by atoms with E-state index in [1.165, 1.54) is 0 Å². The molecule has 0 bridgehead atoms. The second-order valence-corrected chi connectivity index (χ2v) is 6.90. The van der Waals surface area contributed by atoms with Gasteiger partial charge in [0, 0.05) is 17.0 Å². The summed E-state index contributed by atoms with van der Waals surface area (Å²) in [5.41, 5.74) is 3.15. The van der Waals surface area contributed by atoms with Crippen LogP contribution >= 0.6 is 11.6 Å². The van der Waals surface area contributed by atoms with E-state index in [2.05, 4.69) is 4.98 Å². The molecule has 1 aromatic heterocycles. The highest BCUT2D eigenvalue weighted by molar-refractivity contribution is 6.30. The van der Waals surface area contributed by atoms with Crippen molar-refractivity contribution >= 4 is 17.6 Å². The summed E-state index contributed by atoms with van der Waals surface area (Å²) in [6, 6.07) is 18.3. The van der Waals surface area contributed by atoms with Gasteiger partial charge in [-0.3, -0.25) is 4.98 Å². The average Bonchev–Trinajstić information content (AvgIpc) is 2.63. The third-order valence-electron chi connectivity index (χ3n) is 4.02. The number of benzene rings is 2. The topological polar surface area (TPSA) is 59.4 Å². The number of aromatic carboxylic acids is 1. The van der Waals surface area contributed by atoms with E-state index in [4.69, 9.17) is 16.3 Å². The minimum atomic E-state index is -0.996. The van der Waals surface area contributed by atoms with Crippen LogP contribution in [0.2, 0.25) is 5.02 Å². The smallest absolute Gasteiger partial charge is 0.337 e. The molecule has 0 radical (unpaired) electrons. The van der Waals surface area contributed by atoms with Crippen molar-refractivity contribution in [1.29, 1.82) is 0 Å². The Kier molecular flexibility index (Phi) is 5.77. The van der Waals surface area contributed by atoms with Crippen molar-refractivity contribution in [3.05, 3.63) is 82.5 Å². The highest BCUT2D eigenvalue weighted by atomic mass is 35.5. The molecule has 0 aliphatic carbocycles. The number of hydrogen-bond donors (Lipinski definition) is 1. The maximum absolute atomic E-state index is 11.6. The standard InChI is InChI=1S/C22H20ClNO3/c1-14(2)27-21-6-4-3-5-17(21)19-12-11-18(22(25)26)20(24-19)13-15-7-9-16(23)10-8-15/h3-12,14H,13H2,1-2H3,(H,25,26). The Morgan fingerprint density at radius 3 is 2.44 bits per heavy atom. The summed E-state index contributed by atoms with van der Waals surface area (Å²) in [4.78, 5) is 16.3. The van der Waals surface area contributed by atoms with Crippen LogP contribution in [0.25, 0.3) is 11.3 Å². The van der Waals surface area contributed by atoms with Crippen LogP contribution in [0, 0.1) is 0 Å². The molecular weight excluding hydrogens is 362 g/mol. The number of carboxylic acid groups (broad SMARTS) is 1. The van der Waals surface area contributed by atoms with E-state index >= 15 is 0 Å². The molecule has 2 aromatic carbocycles. The molecule has 1 heterocycles.